The molecule has 2 aromatic carbocycles. The summed E-state index contributed by atoms with van der Waals surface area (Å²) in [5.74, 6) is 1.34. The minimum atomic E-state index is -0.0793. The van der Waals surface area contributed by atoms with Crippen LogP contribution in [0, 0.1) is 13.8 Å². The fourth-order valence-corrected chi connectivity index (χ4v) is 5.63. The van der Waals surface area contributed by atoms with Crippen LogP contribution in [0.1, 0.15) is 33.2 Å². The van der Waals surface area contributed by atoms with E-state index in [0.717, 1.165) is 35.4 Å². The molecule has 1 aliphatic heterocycles. The molecule has 0 radical (unpaired) electrons. The topological polar surface area (TPSA) is 50.8 Å². The Labute approximate surface area is 197 Å². The van der Waals surface area contributed by atoms with Gasteiger partial charge in [0.1, 0.15) is 0 Å². The Bertz CT molecular complexity index is 1110. The number of aryl methyl sites for hydroxylation is 2. The van der Waals surface area contributed by atoms with Crippen molar-refractivity contribution in [2.24, 2.45) is 0 Å². The van der Waals surface area contributed by atoms with Crippen LogP contribution in [0.4, 0.5) is 5.69 Å². The average molecular weight is 471 g/mol. The number of nitrogens with zero attached hydrogens (tertiary/aromatic N) is 1. The standard InChI is InChI=1S/C25H27ClN2O3S/c1-15-10-16(2)24(19(26)11-15)27-23(29)14-28-8-7-17-12-20(30-3)21(31-4)13-18(17)25(28)22-6-5-9-32-22/h5-6,9-13,25H,7-8,14H2,1-4H3,(H,27,29)/t25-/m1/s1. The predicted octanol–water partition coefficient (Wildman–Crippen LogP) is 5.62. The highest BCUT2D eigenvalue weighted by Gasteiger charge is 2.32. The zero-order valence-corrected chi connectivity index (χ0v) is 20.3. The molecule has 32 heavy (non-hydrogen) atoms. The summed E-state index contributed by atoms with van der Waals surface area (Å²) in [6.07, 6.45) is 0.829. The summed E-state index contributed by atoms with van der Waals surface area (Å²) in [5, 5.41) is 5.66. The van der Waals surface area contributed by atoms with Gasteiger partial charge in [-0.15, -0.1) is 11.3 Å². The van der Waals surface area contributed by atoms with Crippen LogP contribution in [-0.4, -0.2) is 38.1 Å². The van der Waals surface area contributed by atoms with Crippen LogP contribution in [0.2, 0.25) is 5.02 Å². The molecule has 0 unspecified atom stereocenters. The van der Waals surface area contributed by atoms with E-state index in [9.17, 15) is 4.79 Å². The van der Waals surface area contributed by atoms with E-state index in [4.69, 9.17) is 21.1 Å². The first-order valence-electron chi connectivity index (χ1n) is 10.5. The van der Waals surface area contributed by atoms with Gasteiger partial charge in [-0.3, -0.25) is 9.69 Å². The van der Waals surface area contributed by atoms with Gasteiger partial charge in [-0.05, 0) is 72.2 Å². The lowest BCUT2D eigenvalue weighted by molar-refractivity contribution is -0.117. The van der Waals surface area contributed by atoms with Gasteiger partial charge >= 0.3 is 0 Å². The monoisotopic (exact) mass is 470 g/mol. The van der Waals surface area contributed by atoms with Gasteiger partial charge in [-0.25, -0.2) is 0 Å². The van der Waals surface area contributed by atoms with E-state index in [1.807, 2.05) is 38.1 Å². The molecule has 2 heterocycles. The smallest absolute Gasteiger partial charge is 0.238 e. The van der Waals surface area contributed by atoms with Gasteiger partial charge < -0.3 is 14.8 Å². The average Bonchev–Trinajstić information content (AvgIpc) is 3.29. The Kier molecular flexibility index (Phi) is 6.74. The minimum absolute atomic E-state index is 0.0288. The third-order valence-corrected chi connectivity index (χ3v) is 7.05. The number of amides is 1. The zero-order chi connectivity index (χ0) is 22.8. The third kappa shape index (κ3) is 4.49. The molecular weight excluding hydrogens is 444 g/mol. The highest BCUT2D eigenvalue weighted by molar-refractivity contribution is 7.10. The molecule has 0 fully saturated rings. The first-order chi connectivity index (χ1) is 15.4. The van der Waals surface area contributed by atoms with Crippen molar-refractivity contribution in [2.45, 2.75) is 26.3 Å². The summed E-state index contributed by atoms with van der Waals surface area (Å²) in [5.41, 5.74) is 5.07. The molecular formula is C25H27ClN2O3S. The Morgan fingerprint density at radius 3 is 2.59 bits per heavy atom. The number of carbonyl (C=O) groups excluding carboxylic acids is 1. The number of hydrogen-bond donors (Lipinski definition) is 1. The maximum absolute atomic E-state index is 13.1. The van der Waals surface area contributed by atoms with Gasteiger partial charge in [0.05, 0.1) is 37.5 Å². The van der Waals surface area contributed by atoms with Crippen LogP contribution in [0.3, 0.4) is 0 Å². The number of anilines is 1. The Morgan fingerprint density at radius 2 is 1.94 bits per heavy atom. The maximum atomic E-state index is 13.1. The van der Waals surface area contributed by atoms with E-state index < -0.39 is 0 Å². The van der Waals surface area contributed by atoms with Crippen molar-refractivity contribution in [3.8, 4) is 11.5 Å². The molecule has 1 atom stereocenters. The number of methoxy groups -OCH3 is 2. The molecule has 5 nitrogen and oxygen atoms in total. The van der Waals surface area contributed by atoms with E-state index in [1.54, 1.807) is 25.6 Å². The van der Waals surface area contributed by atoms with Gasteiger partial charge in [0.15, 0.2) is 11.5 Å². The van der Waals surface area contributed by atoms with Crippen molar-refractivity contribution in [2.75, 3.05) is 32.6 Å². The SMILES string of the molecule is COc1cc2c(cc1OC)[C@H](c1cccs1)N(CC(=O)Nc1c(C)cc(C)cc1Cl)CC2. The summed E-state index contributed by atoms with van der Waals surface area (Å²) >= 11 is 8.10. The normalized spacial score (nSPS) is 15.8. The fraction of sp³-hybridized carbons (Fsp3) is 0.320. The van der Waals surface area contributed by atoms with Crippen LogP contribution >= 0.6 is 22.9 Å². The number of halogens is 1. The van der Waals surface area contributed by atoms with Crippen molar-refractivity contribution in [3.63, 3.8) is 0 Å². The third-order valence-electron chi connectivity index (χ3n) is 5.83. The quantitative estimate of drug-likeness (QED) is 0.507. The Morgan fingerprint density at radius 1 is 1.19 bits per heavy atom. The molecule has 1 N–H and O–H groups in total. The molecule has 0 saturated heterocycles. The van der Waals surface area contributed by atoms with Gasteiger partial charge in [-0.2, -0.15) is 0 Å². The van der Waals surface area contributed by atoms with Gasteiger partial charge in [0.25, 0.3) is 0 Å². The van der Waals surface area contributed by atoms with Crippen LogP contribution < -0.4 is 14.8 Å². The Balaban J connectivity index is 1.64. The summed E-state index contributed by atoms with van der Waals surface area (Å²) in [6, 6.07) is 12.1. The minimum Gasteiger partial charge on any atom is -0.493 e. The first-order valence-corrected chi connectivity index (χ1v) is 11.8. The molecule has 0 saturated carbocycles. The number of carbonyl (C=O) groups is 1. The van der Waals surface area contributed by atoms with E-state index in [2.05, 4.69) is 27.7 Å². The summed E-state index contributed by atoms with van der Waals surface area (Å²) in [7, 11) is 3.30. The van der Waals surface area contributed by atoms with Gasteiger partial charge in [0, 0.05) is 11.4 Å². The van der Waals surface area contributed by atoms with Crippen LogP contribution in [-0.2, 0) is 11.2 Å². The lowest BCUT2D eigenvalue weighted by Gasteiger charge is -2.37. The van der Waals surface area contributed by atoms with Gasteiger partial charge in [-0.1, -0.05) is 23.7 Å². The molecule has 1 aliphatic rings. The van der Waals surface area contributed by atoms with E-state index in [1.165, 1.54) is 10.4 Å². The molecule has 4 rings (SSSR count). The van der Waals surface area contributed by atoms with Crippen LogP contribution in [0.15, 0.2) is 41.8 Å². The molecule has 7 heteroatoms. The lowest BCUT2D eigenvalue weighted by Crippen LogP contribution is -2.41. The molecule has 1 amide bonds. The largest absolute Gasteiger partial charge is 0.493 e. The van der Waals surface area contributed by atoms with Crippen molar-refractivity contribution in [1.82, 2.24) is 4.90 Å². The summed E-state index contributed by atoms with van der Waals surface area (Å²) in [4.78, 5) is 16.5. The molecule has 3 aromatic rings. The number of benzene rings is 2. The van der Waals surface area contributed by atoms with Crippen molar-refractivity contribution in [3.05, 3.63) is 73.9 Å². The highest BCUT2D eigenvalue weighted by atomic mass is 35.5. The number of fused-ring (bicyclic) bond motifs is 1. The number of thiophene rings is 1. The number of nitrogens with one attached hydrogen (secondary N) is 1. The summed E-state index contributed by atoms with van der Waals surface area (Å²) in [6.45, 7) is 4.98. The summed E-state index contributed by atoms with van der Waals surface area (Å²) < 4.78 is 11.1. The van der Waals surface area contributed by atoms with E-state index in [0.29, 0.717) is 16.5 Å². The van der Waals surface area contributed by atoms with Crippen molar-refractivity contribution < 1.29 is 14.3 Å². The van der Waals surface area contributed by atoms with Crippen LogP contribution in [0.25, 0.3) is 0 Å². The molecule has 0 bridgehead atoms. The van der Waals surface area contributed by atoms with Crippen molar-refractivity contribution in [1.29, 1.82) is 0 Å². The zero-order valence-electron chi connectivity index (χ0n) is 18.7. The number of rotatable bonds is 6. The second-order valence-electron chi connectivity index (χ2n) is 8.03. The number of ether oxygens (including phenoxy) is 2. The number of hydrogen-bond acceptors (Lipinski definition) is 5. The molecule has 0 aliphatic carbocycles. The predicted molar refractivity (Wildman–Crippen MR) is 131 cm³/mol. The Hall–Kier alpha value is -2.54. The second kappa shape index (κ2) is 9.53. The highest BCUT2D eigenvalue weighted by Crippen LogP contribution is 2.42. The first kappa shape index (κ1) is 22.6. The second-order valence-corrected chi connectivity index (χ2v) is 9.42. The van der Waals surface area contributed by atoms with Gasteiger partial charge in [0.2, 0.25) is 5.91 Å². The lowest BCUT2D eigenvalue weighted by atomic mass is 9.91. The fourth-order valence-electron chi connectivity index (χ4n) is 4.39. The molecule has 168 valence electrons. The van der Waals surface area contributed by atoms with E-state index >= 15 is 0 Å². The van der Waals surface area contributed by atoms with Crippen molar-refractivity contribution >= 4 is 34.5 Å². The molecule has 1 aromatic heterocycles. The van der Waals surface area contributed by atoms with E-state index in [-0.39, 0.29) is 18.5 Å². The molecule has 0 spiro atoms. The maximum Gasteiger partial charge on any atom is 0.238 e. The van der Waals surface area contributed by atoms with Crippen LogP contribution in [0.5, 0.6) is 11.5 Å².